The van der Waals surface area contributed by atoms with Gasteiger partial charge in [-0.25, -0.2) is 0 Å². The Balaban J connectivity index is 1.31. The van der Waals surface area contributed by atoms with Crippen molar-refractivity contribution in [2.45, 2.75) is 42.4 Å². The summed E-state index contributed by atoms with van der Waals surface area (Å²) in [4.78, 5) is 40.1. The van der Waals surface area contributed by atoms with Gasteiger partial charge in [-0.1, -0.05) is 6.07 Å². The average molecular weight is 514 g/mol. The van der Waals surface area contributed by atoms with E-state index in [9.17, 15) is 24.6 Å². The van der Waals surface area contributed by atoms with Crippen molar-refractivity contribution in [2.75, 3.05) is 26.3 Å². The van der Waals surface area contributed by atoms with Gasteiger partial charge in [0.1, 0.15) is 19.3 Å². The van der Waals surface area contributed by atoms with E-state index < -0.39 is 35.5 Å². The van der Waals surface area contributed by atoms with E-state index in [1.54, 1.807) is 12.1 Å². The second kappa shape index (κ2) is 7.94. The molecule has 4 fully saturated rings. The smallest absolute Gasteiger partial charge is 0.255 e. The Morgan fingerprint density at radius 2 is 1.86 bits per heavy atom. The summed E-state index contributed by atoms with van der Waals surface area (Å²) in [5, 5.41) is 51.0. The number of imide groups is 1. The molecule has 1 spiro atoms. The Kier molecular flexibility index (Phi) is 5.00. The number of ether oxygens (including phenoxy) is 2. The molecule has 0 radical (unpaired) electrons. The lowest BCUT2D eigenvalue weighted by molar-refractivity contribution is -0.232. The summed E-state index contributed by atoms with van der Waals surface area (Å²) >= 11 is 0. The molecule has 15 nitrogen and oxygen atoms in total. The highest BCUT2D eigenvalue weighted by molar-refractivity contribution is 6.02. The van der Waals surface area contributed by atoms with Gasteiger partial charge in [0.2, 0.25) is 17.6 Å². The lowest BCUT2D eigenvalue weighted by Gasteiger charge is -2.51. The van der Waals surface area contributed by atoms with Crippen LogP contribution in [0.25, 0.3) is 0 Å². The summed E-state index contributed by atoms with van der Waals surface area (Å²) in [5.41, 5.74) is -1.70. The van der Waals surface area contributed by atoms with Crippen LogP contribution in [-0.2, 0) is 9.59 Å². The van der Waals surface area contributed by atoms with Crippen LogP contribution < -0.4 is 30.7 Å². The van der Waals surface area contributed by atoms with E-state index in [1.807, 2.05) is 0 Å². The minimum Gasteiger partial charge on any atom is -0.486 e. The van der Waals surface area contributed by atoms with Gasteiger partial charge in [-0.05, 0) is 12.1 Å². The summed E-state index contributed by atoms with van der Waals surface area (Å²) in [6, 6.07) is 1.71. The number of carbonyl (C=O) groups excluding carboxylic acids is 3. The quantitative estimate of drug-likeness (QED) is 0.148. The minimum atomic E-state index is -2.69. The van der Waals surface area contributed by atoms with Gasteiger partial charge in [-0.15, -0.1) is 0 Å². The zero-order valence-corrected chi connectivity index (χ0v) is 19.5. The second-order valence-corrected chi connectivity index (χ2v) is 9.58. The predicted octanol–water partition coefficient (Wildman–Crippen LogP) is -3.20. The van der Waals surface area contributed by atoms with Crippen molar-refractivity contribution >= 4 is 29.6 Å². The summed E-state index contributed by atoms with van der Waals surface area (Å²) in [6.45, 7) is 0.269. The summed E-state index contributed by atoms with van der Waals surface area (Å²) in [7, 11) is 0. The van der Waals surface area contributed by atoms with Crippen LogP contribution in [0, 0.1) is 10.8 Å². The lowest BCUT2D eigenvalue weighted by atomic mass is 9.84. The van der Waals surface area contributed by atoms with E-state index in [2.05, 4.69) is 21.3 Å². The Morgan fingerprint density at radius 3 is 2.62 bits per heavy atom. The zero-order chi connectivity index (χ0) is 26.1. The first kappa shape index (κ1) is 23.3. The number of hydrogen-bond acceptors (Lipinski definition) is 9. The van der Waals surface area contributed by atoms with Crippen molar-refractivity contribution in [1.82, 2.24) is 31.1 Å². The number of rotatable bonds is 4. The average Bonchev–Trinajstić information content (AvgIpc) is 3.46. The van der Waals surface area contributed by atoms with Crippen molar-refractivity contribution in [3.05, 3.63) is 23.8 Å². The minimum absolute atomic E-state index is 0.0857. The standard InChI is InChI=1S/C22H26N8O7/c23-19-27-17-11(8-29-14(31)4-5-15(29)32)25-20(24)30-9-13(22(34,35)21(17,30)28-19)26-18(33)10-2-1-3-12-16(10)37-7-6-36-12/h1-3,11,13,17,34-35H,4-9H2,(H2,24,25)(H,26,33)(H3,23,27,28)/t11?,13?,17-,21-/m0/s1. The van der Waals surface area contributed by atoms with Gasteiger partial charge in [-0.3, -0.25) is 30.1 Å². The molecule has 5 aliphatic heterocycles. The van der Waals surface area contributed by atoms with Crippen LogP contribution in [-0.4, -0.2) is 106 Å². The number of nitrogens with zero attached hydrogens (tertiary/aromatic N) is 2. The van der Waals surface area contributed by atoms with Gasteiger partial charge >= 0.3 is 0 Å². The first-order valence-electron chi connectivity index (χ1n) is 11.9. The van der Waals surface area contributed by atoms with E-state index in [0.717, 1.165) is 4.90 Å². The Hall–Kier alpha value is -4.11. The van der Waals surface area contributed by atoms with E-state index in [0.29, 0.717) is 12.4 Å². The Bertz CT molecular complexity index is 1220. The number of carbonyl (C=O) groups is 3. The van der Waals surface area contributed by atoms with Crippen molar-refractivity contribution in [3.63, 3.8) is 0 Å². The second-order valence-electron chi connectivity index (χ2n) is 9.58. The molecule has 37 heavy (non-hydrogen) atoms. The lowest BCUT2D eigenvalue weighted by Crippen LogP contribution is -2.81. The third-order valence-electron chi connectivity index (χ3n) is 7.55. The molecule has 4 atom stereocenters. The van der Waals surface area contributed by atoms with Crippen LogP contribution in [0.1, 0.15) is 23.2 Å². The van der Waals surface area contributed by atoms with Crippen LogP contribution in [0.5, 0.6) is 11.5 Å². The fraction of sp³-hybridized carbons (Fsp3) is 0.500. The van der Waals surface area contributed by atoms with E-state index in [1.165, 1.54) is 11.0 Å². The number of aliphatic hydroxyl groups is 2. The maximum Gasteiger partial charge on any atom is 0.255 e. The number of guanidine groups is 2. The number of fused-ring (bicyclic) bond motifs is 1. The number of likely N-dealkylation sites (tertiary alicyclic amines) is 1. The first-order chi connectivity index (χ1) is 17.6. The molecular weight excluding hydrogens is 488 g/mol. The van der Waals surface area contributed by atoms with E-state index in [-0.39, 0.29) is 67.6 Å². The van der Waals surface area contributed by atoms with Crippen molar-refractivity contribution in [1.29, 1.82) is 10.8 Å². The molecule has 196 valence electrons. The first-order valence-corrected chi connectivity index (χ1v) is 11.9. The highest BCUT2D eigenvalue weighted by Crippen LogP contribution is 2.43. The van der Waals surface area contributed by atoms with Crippen molar-refractivity contribution in [3.8, 4) is 11.5 Å². The molecule has 2 unspecified atom stereocenters. The molecule has 15 heteroatoms. The highest BCUT2D eigenvalue weighted by Gasteiger charge is 2.74. The predicted molar refractivity (Wildman–Crippen MR) is 124 cm³/mol. The highest BCUT2D eigenvalue weighted by atomic mass is 16.6. The maximum absolute atomic E-state index is 13.3. The van der Waals surface area contributed by atoms with Crippen LogP contribution in [0.4, 0.5) is 0 Å². The van der Waals surface area contributed by atoms with E-state index >= 15 is 0 Å². The third kappa shape index (κ3) is 3.23. The molecule has 8 N–H and O–H groups in total. The fourth-order valence-electron chi connectivity index (χ4n) is 5.84. The topological polar surface area (TPSA) is 212 Å². The SMILES string of the molecule is N=C1N[C@H]2C(CN3C(=O)CCC3=O)NC(=N)N3CC(NC(=O)c4cccc5c4OCCO5)C(O)(O)[C@]23N1. The number of para-hydroxylation sites is 1. The van der Waals surface area contributed by atoms with E-state index in [4.69, 9.17) is 20.3 Å². The molecule has 1 aromatic carbocycles. The molecule has 5 heterocycles. The normalized spacial score (nSPS) is 31.4. The molecule has 6 rings (SSSR count). The summed E-state index contributed by atoms with van der Waals surface area (Å²) < 4.78 is 11.1. The molecular formula is C22H26N8O7. The summed E-state index contributed by atoms with van der Waals surface area (Å²) in [5.74, 6) is -3.86. The van der Waals surface area contributed by atoms with Crippen molar-refractivity contribution < 1.29 is 34.1 Å². The van der Waals surface area contributed by atoms with Gasteiger partial charge in [0.25, 0.3) is 5.91 Å². The van der Waals surface area contributed by atoms with Gasteiger partial charge in [-0.2, -0.15) is 0 Å². The Morgan fingerprint density at radius 1 is 1.14 bits per heavy atom. The number of benzene rings is 1. The monoisotopic (exact) mass is 514 g/mol. The molecule has 4 saturated heterocycles. The number of amides is 3. The van der Waals surface area contributed by atoms with Gasteiger partial charge in [0, 0.05) is 19.4 Å². The van der Waals surface area contributed by atoms with Crippen LogP contribution >= 0.6 is 0 Å². The zero-order valence-electron chi connectivity index (χ0n) is 19.5. The van der Waals surface area contributed by atoms with Crippen LogP contribution in [0.3, 0.4) is 0 Å². The van der Waals surface area contributed by atoms with Gasteiger partial charge in [0.15, 0.2) is 29.1 Å². The number of nitrogens with one attached hydrogen (secondary N) is 6. The third-order valence-corrected chi connectivity index (χ3v) is 7.55. The number of hydrogen-bond donors (Lipinski definition) is 8. The molecule has 3 amide bonds. The Labute approximate surface area is 210 Å². The molecule has 1 aromatic rings. The molecule has 0 saturated carbocycles. The molecule has 0 aliphatic carbocycles. The molecule has 5 aliphatic rings. The molecule has 0 aromatic heterocycles. The molecule has 0 bridgehead atoms. The van der Waals surface area contributed by atoms with Gasteiger partial charge < -0.3 is 45.9 Å². The van der Waals surface area contributed by atoms with Crippen LogP contribution in [0.15, 0.2) is 18.2 Å². The summed E-state index contributed by atoms with van der Waals surface area (Å²) in [6.07, 6.45) is 0.171. The van der Waals surface area contributed by atoms with Gasteiger partial charge in [0.05, 0.1) is 24.2 Å². The van der Waals surface area contributed by atoms with Crippen molar-refractivity contribution in [2.24, 2.45) is 0 Å². The maximum atomic E-state index is 13.3. The largest absolute Gasteiger partial charge is 0.486 e. The fourth-order valence-corrected chi connectivity index (χ4v) is 5.84. The van der Waals surface area contributed by atoms with Crippen LogP contribution in [0.2, 0.25) is 0 Å².